The fraction of sp³-hybridized carbons (Fsp3) is 0.286. The summed E-state index contributed by atoms with van der Waals surface area (Å²) in [5.74, 6) is -0.724. The highest BCUT2D eigenvalue weighted by molar-refractivity contribution is 5.91. The number of amides is 1. The maximum Gasteiger partial charge on any atom is 0.271 e. The number of ether oxygens (including phenoxy) is 1. The molecule has 2 aromatic rings. The molecule has 7 heteroatoms. The molecule has 1 heterocycles. The van der Waals surface area contributed by atoms with Crippen molar-refractivity contribution < 1.29 is 13.9 Å². The summed E-state index contributed by atoms with van der Waals surface area (Å²) in [7, 11) is 1.52. The number of carbonyl (C=O) groups excluding carboxylic acids is 1. The van der Waals surface area contributed by atoms with Gasteiger partial charge in [0, 0.05) is 25.4 Å². The van der Waals surface area contributed by atoms with Crippen molar-refractivity contribution >= 4 is 11.6 Å². The summed E-state index contributed by atoms with van der Waals surface area (Å²) < 4.78 is 20.5. The molecule has 3 N–H and O–H groups in total. The number of hydrogen-bond donors (Lipinski definition) is 2. The van der Waals surface area contributed by atoms with E-state index in [1.54, 1.807) is 12.3 Å². The number of nitrogens with one attached hydrogen (secondary N) is 1. The van der Waals surface area contributed by atoms with Gasteiger partial charge in [-0.05, 0) is 12.5 Å². The minimum atomic E-state index is -0.525. The van der Waals surface area contributed by atoms with Gasteiger partial charge in [-0.15, -0.1) is 0 Å². The van der Waals surface area contributed by atoms with Gasteiger partial charge < -0.3 is 15.8 Å². The van der Waals surface area contributed by atoms with Crippen LogP contribution in [0.1, 0.15) is 23.8 Å². The molecular weight excluding hydrogens is 275 g/mol. The van der Waals surface area contributed by atoms with E-state index in [1.165, 1.54) is 23.9 Å². The molecule has 0 bridgehead atoms. The molecule has 0 atom stereocenters. The first-order chi connectivity index (χ1) is 10.1. The second-order valence-corrected chi connectivity index (χ2v) is 4.41. The van der Waals surface area contributed by atoms with Crippen molar-refractivity contribution in [3.8, 4) is 11.4 Å². The molecular formula is C14H17FN4O2. The second kappa shape index (κ2) is 6.25. The van der Waals surface area contributed by atoms with Crippen molar-refractivity contribution in [3.05, 3.63) is 35.9 Å². The van der Waals surface area contributed by atoms with E-state index in [-0.39, 0.29) is 23.0 Å². The Morgan fingerprint density at radius 2 is 2.29 bits per heavy atom. The van der Waals surface area contributed by atoms with E-state index in [9.17, 15) is 9.18 Å². The zero-order valence-electron chi connectivity index (χ0n) is 11.9. The first-order valence-electron chi connectivity index (χ1n) is 6.56. The number of halogens is 1. The quantitative estimate of drug-likeness (QED) is 0.822. The number of anilines is 1. The number of nitrogen functional groups attached to an aromatic ring is 1. The molecule has 0 fully saturated rings. The van der Waals surface area contributed by atoms with Crippen LogP contribution in [0.4, 0.5) is 10.1 Å². The van der Waals surface area contributed by atoms with Gasteiger partial charge in [0.2, 0.25) is 0 Å². The summed E-state index contributed by atoms with van der Waals surface area (Å²) in [5.41, 5.74) is 6.73. The number of nitrogens with two attached hydrogens (primary N) is 1. The van der Waals surface area contributed by atoms with Gasteiger partial charge in [-0.2, -0.15) is 5.10 Å². The van der Waals surface area contributed by atoms with Gasteiger partial charge in [0.25, 0.3) is 5.91 Å². The highest BCUT2D eigenvalue weighted by atomic mass is 19.1. The Morgan fingerprint density at radius 3 is 2.95 bits per heavy atom. The molecule has 1 aromatic carbocycles. The van der Waals surface area contributed by atoms with E-state index in [1.807, 2.05) is 6.92 Å². The van der Waals surface area contributed by atoms with Crippen LogP contribution in [0, 0.1) is 5.82 Å². The molecule has 0 saturated carbocycles. The van der Waals surface area contributed by atoms with Gasteiger partial charge in [-0.3, -0.25) is 4.79 Å². The molecule has 21 heavy (non-hydrogen) atoms. The number of benzene rings is 1. The van der Waals surface area contributed by atoms with Crippen molar-refractivity contribution in [2.75, 3.05) is 19.4 Å². The summed E-state index contributed by atoms with van der Waals surface area (Å²) >= 11 is 0. The van der Waals surface area contributed by atoms with Gasteiger partial charge in [-0.1, -0.05) is 6.92 Å². The molecule has 2 rings (SSSR count). The van der Waals surface area contributed by atoms with Crippen LogP contribution >= 0.6 is 0 Å². The van der Waals surface area contributed by atoms with Crippen molar-refractivity contribution in [2.45, 2.75) is 13.3 Å². The number of nitrogens with zero attached hydrogens (tertiary/aromatic N) is 2. The maximum atomic E-state index is 13.8. The number of carbonyl (C=O) groups is 1. The predicted molar refractivity (Wildman–Crippen MR) is 77.1 cm³/mol. The van der Waals surface area contributed by atoms with Crippen LogP contribution in [0.25, 0.3) is 5.69 Å². The Bertz CT molecular complexity index is 654. The lowest BCUT2D eigenvalue weighted by Gasteiger charge is -2.11. The summed E-state index contributed by atoms with van der Waals surface area (Å²) in [6.07, 6.45) is 2.35. The average Bonchev–Trinajstić information content (AvgIpc) is 2.95. The maximum absolute atomic E-state index is 13.8. The van der Waals surface area contributed by atoms with Crippen LogP contribution in [0.15, 0.2) is 24.4 Å². The van der Waals surface area contributed by atoms with Gasteiger partial charge in [0.05, 0.1) is 18.0 Å². The van der Waals surface area contributed by atoms with E-state index in [4.69, 9.17) is 10.5 Å². The Kier molecular flexibility index (Phi) is 4.42. The molecule has 1 aromatic heterocycles. The van der Waals surface area contributed by atoms with Gasteiger partial charge >= 0.3 is 0 Å². The number of rotatable bonds is 5. The normalized spacial score (nSPS) is 10.4. The minimum absolute atomic E-state index is 0.109. The van der Waals surface area contributed by atoms with E-state index in [0.717, 1.165) is 6.42 Å². The summed E-state index contributed by atoms with van der Waals surface area (Å²) in [6, 6.07) is 4.21. The fourth-order valence-corrected chi connectivity index (χ4v) is 1.79. The van der Waals surface area contributed by atoms with Crippen LogP contribution in [-0.4, -0.2) is 29.3 Å². The van der Waals surface area contributed by atoms with E-state index in [2.05, 4.69) is 10.4 Å². The lowest BCUT2D eigenvalue weighted by Crippen LogP contribution is -2.18. The highest BCUT2D eigenvalue weighted by Gasteiger charge is 2.13. The van der Waals surface area contributed by atoms with Gasteiger partial charge in [0.1, 0.15) is 0 Å². The Labute approximate surface area is 121 Å². The minimum Gasteiger partial charge on any atom is -0.490 e. The lowest BCUT2D eigenvalue weighted by atomic mass is 10.2. The zero-order chi connectivity index (χ0) is 15.4. The van der Waals surface area contributed by atoms with E-state index in [0.29, 0.717) is 12.3 Å². The standard InChI is InChI=1S/C14H17FN4O2/c1-3-6-21-13-8-12(10(16)7-9(13)15)19-5-4-11(18-19)14(20)17-2/h4-5,7-8H,3,6,16H2,1-2H3,(H,17,20). The van der Waals surface area contributed by atoms with Gasteiger partial charge in [-0.25, -0.2) is 9.07 Å². The number of aromatic nitrogens is 2. The molecule has 0 unspecified atom stereocenters. The second-order valence-electron chi connectivity index (χ2n) is 4.41. The molecule has 112 valence electrons. The molecule has 6 nitrogen and oxygen atoms in total. The Hall–Kier alpha value is -2.57. The Balaban J connectivity index is 2.38. The third kappa shape index (κ3) is 3.13. The SMILES string of the molecule is CCCOc1cc(-n2ccc(C(=O)NC)n2)c(N)cc1F. The molecule has 0 aliphatic carbocycles. The smallest absolute Gasteiger partial charge is 0.271 e. The van der Waals surface area contributed by atoms with Crippen molar-refractivity contribution in [1.82, 2.24) is 15.1 Å². The molecule has 0 aliphatic rings. The summed E-state index contributed by atoms with van der Waals surface area (Å²) in [6.45, 7) is 2.34. The third-order valence-electron chi connectivity index (χ3n) is 2.84. The molecule has 0 aliphatic heterocycles. The average molecular weight is 292 g/mol. The van der Waals surface area contributed by atoms with Crippen LogP contribution < -0.4 is 15.8 Å². The predicted octanol–water partition coefficient (Wildman–Crippen LogP) is 1.74. The van der Waals surface area contributed by atoms with E-state index < -0.39 is 5.82 Å². The zero-order valence-corrected chi connectivity index (χ0v) is 11.9. The highest BCUT2D eigenvalue weighted by Crippen LogP contribution is 2.27. The van der Waals surface area contributed by atoms with Crippen molar-refractivity contribution in [2.24, 2.45) is 0 Å². The number of hydrogen-bond acceptors (Lipinski definition) is 4. The van der Waals surface area contributed by atoms with Crippen LogP contribution in [0.2, 0.25) is 0 Å². The first-order valence-corrected chi connectivity index (χ1v) is 6.56. The molecule has 0 spiro atoms. The fourth-order valence-electron chi connectivity index (χ4n) is 1.79. The lowest BCUT2D eigenvalue weighted by molar-refractivity contribution is 0.0957. The Morgan fingerprint density at radius 1 is 1.52 bits per heavy atom. The molecule has 0 radical (unpaired) electrons. The van der Waals surface area contributed by atoms with E-state index >= 15 is 0 Å². The van der Waals surface area contributed by atoms with Crippen LogP contribution in [0.3, 0.4) is 0 Å². The molecule has 0 saturated heterocycles. The summed E-state index contributed by atoms with van der Waals surface area (Å²) in [4.78, 5) is 11.5. The first kappa shape index (κ1) is 14.8. The topological polar surface area (TPSA) is 82.2 Å². The summed E-state index contributed by atoms with van der Waals surface area (Å²) in [5, 5.41) is 6.59. The molecule has 1 amide bonds. The van der Waals surface area contributed by atoms with Crippen LogP contribution in [0.5, 0.6) is 5.75 Å². The van der Waals surface area contributed by atoms with Crippen molar-refractivity contribution in [1.29, 1.82) is 0 Å². The third-order valence-corrected chi connectivity index (χ3v) is 2.84. The van der Waals surface area contributed by atoms with Gasteiger partial charge in [0.15, 0.2) is 17.3 Å². The largest absolute Gasteiger partial charge is 0.490 e. The van der Waals surface area contributed by atoms with Crippen LogP contribution in [-0.2, 0) is 0 Å². The van der Waals surface area contributed by atoms with Crippen molar-refractivity contribution in [3.63, 3.8) is 0 Å². The monoisotopic (exact) mass is 292 g/mol.